The van der Waals surface area contributed by atoms with Gasteiger partial charge in [0.25, 0.3) is 0 Å². The Morgan fingerprint density at radius 1 is 1.26 bits per heavy atom. The van der Waals surface area contributed by atoms with E-state index in [2.05, 4.69) is 26.0 Å². The standard InChI is InChI=1S/C26H27F4N7O2/c1-39-12-18-21(11-32-16-7-8-16)37-23(24(31)33-13-34-37)22(18)14-2-5-17(6-3-14)35-25(38)36-20-10-15(26(28,29)30)4-9-19(20)27/h2,4-6,9-10,13-14,16,32H,3,7-8,11-12H2,1H3,(H2,31,33,34)(H2,35,36,38). The first-order valence-corrected chi connectivity index (χ1v) is 12.3. The lowest BCUT2D eigenvalue weighted by Crippen LogP contribution is -2.28. The molecule has 1 saturated carbocycles. The van der Waals surface area contributed by atoms with Gasteiger partial charge in [-0.25, -0.2) is 18.7 Å². The normalized spacial score (nSPS) is 17.4. The monoisotopic (exact) mass is 545 g/mol. The molecule has 9 nitrogen and oxygen atoms in total. The Morgan fingerprint density at radius 2 is 2.05 bits per heavy atom. The molecule has 1 unspecified atom stereocenters. The highest BCUT2D eigenvalue weighted by atomic mass is 19.4. The Labute approximate surface area is 221 Å². The van der Waals surface area contributed by atoms with Crippen LogP contribution in [0, 0.1) is 5.82 Å². The summed E-state index contributed by atoms with van der Waals surface area (Å²) in [6, 6.07) is 1.43. The van der Waals surface area contributed by atoms with Gasteiger partial charge in [0.1, 0.15) is 17.7 Å². The van der Waals surface area contributed by atoms with Crippen LogP contribution in [0.5, 0.6) is 0 Å². The minimum absolute atomic E-state index is 0.136. The molecule has 5 rings (SSSR count). The molecule has 2 amide bonds. The zero-order valence-electron chi connectivity index (χ0n) is 21.0. The summed E-state index contributed by atoms with van der Waals surface area (Å²) < 4.78 is 60.3. The number of anilines is 2. The number of hydrogen-bond donors (Lipinski definition) is 4. The summed E-state index contributed by atoms with van der Waals surface area (Å²) in [5.74, 6) is -0.786. The van der Waals surface area contributed by atoms with Crippen LogP contribution in [0.15, 0.2) is 48.5 Å². The molecule has 2 aromatic heterocycles. The van der Waals surface area contributed by atoms with Gasteiger partial charge in [-0.3, -0.25) is 0 Å². The van der Waals surface area contributed by atoms with E-state index in [-0.39, 0.29) is 5.92 Å². The van der Waals surface area contributed by atoms with Crippen LogP contribution in [0.25, 0.3) is 5.52 Å². The van der Waals surface area contributed by atoms with Crippen molar-refractivity contribution in [1.29, 1.82) is 0 Å². The number of nitrogens with zero attached hydrogens (tertiary/aromatic N) is 3. The van der Waals surface area contributed by atoms with Gasteiger partial charge in [0, 0.05) is 36.9 Å². The van der Waals surface area contributed by atoms with Crippen LogP contribution < -0.4 is 21.7 Å². The highest BCUT2D eigenvalue weighted by Gasteiger charge is 2.32. The molecule has 5 N–H and O–H groups in total. The largest absolute Gasteiger partial charge is 0.416 e. The molecule has 0 saturated heterocycles. The molecule has 206 valence electrons. The molecule has 0 bridgehead atoms. The third-order valence-electron chi connectivity index (χ3n) is 6.70. The topological polar surface area (TPSA) is 119 Å². The Balaban J connectivity index is 1.35. The van der Waals surface area contributed by atoms with Crippen LogP contribution >= 0.6 is 0 Å². The van der Waals surface area contributed by atoms with Crippen LogP contribution in [0.2, 0.25) is 0 Å². The lowest BCUT2D eigenvalue weighted by molar-refractivity contribution is -0.137. The van der Waals surface area contributed by atoms with Gasteiger partial charge in [-0.1, -0.05) is 12.2 Å². The molecule has 1 atom stereocenters. The number of aromatic nitrogens is 3. The Morgan fingerprint density at radius 3 is 2.72 bits per heavy atom. The number of nitrogens with one attached hydrogen (secondary N) is 3. The fourth-order valence-electron chi connectivity index (χ4n) is 4.67. The van der Waals surface area contributed by atoms with Gasteiger partial charge in [0.2, 0.25) is 0 Å². The van der Waals surface area contributed by atoms with Crippen molar-refractivity contribution in [1.82, 2.24) is 25.2 Å². The number of ether oxygens (including phenoxy) is 1. The zero-order valence-corrected chi connectivity index (χ0v) is 21.0. The lowest BCUT2D eigenvalue weighted by atomic mass is 9.89. The van der Waals surface area contributed by atoms with E-state index in [0.717, 1.165) is 29.7 Å². The number of methoxy groups -OCH3 is 1. The van der Waals surface area contributed by atoms with E-state index in [1.807, 2.05) is 6.08 Å². The molecule has 0 aliphatic heterocycles. The van der Waals surface area contributed by atoms with Crippen LogP contribution in [-0.4, -0.2) is 33.8 Å². The van der Waals surface area contributed by atoms with Gasteiger partial charge in [-0.15, -0.1) is 0 Å². The van der Waals surface area contributed by atoms with Crippen LogP contribution in [-0.2, 0) is 24.1 Å². The smallest absolute Gasteiger partial charge is 0.382 e. The van der Waals surface area contributed by atoms with Gasteiger partial charge in [-0.2, -0.15) is 18.3 Å². The number of benzene rings is 1. The van der Waals surface area contributed by atoms with Crippen molar-refractivity contribution in [3.8, 4) is 0 Å². The Kier molecular flexibility index (Phi) is 7.28. The summed E-state index contributed by atoms with van der Waals surface area (Å²) in [6.07, 6.45) is 4.82. The van der Waals surface area contributed by atoms with E-state index >= 15 is 0 Å². The number of carbonyl (C=O) groups is 1. The molecular formula is C26H27F4N7O2. The van der Waals surface area contributed by atoms with Gasteiger partial charge in [0.05, 0.1) is 23.6 Å². The second kappa shape index (κ2) is 10.7. The number of halogens is 4. The van der Waals surface area contributed by atoms with Crippen molar-refractivity contribution < 1.29 is 27.1 Å². The van der Waals surface area contributed by atoms with Crippen LogP contribution in [0.4, 0.5) is 33.9 Å². The number of fused-ring (bicyclic) bond motifs is 1. The Hall–Kier alpha value is -3.97. The highest BCUT2D eigenvalue weighted by Crippen LogP contribution is 2.38. The zero-order chi connectivity index (χ0) is 27.7. The summed E-state index contributed by atoms with van der Waals surface area (Å²) in [7, 11) is 1.61. The molecule has 1 fully saturated rings. The van der Waals surface area contributed by atoms with Gasteiger partial charge in [-0.05, 0) is 49.1 Å². The molecule has 2 aliphatic carbocycles. The van der Waals surface area contributed by atoms with E-state index in [1.165, 1.54) is 6.33 Å². The maximum absolute atomic E-state index is 14.0. The number of amides is 2. The number of allylic oxidation sites excluding steroid dienone is 3. The second-order valence-electron chi connectivity index (χ2n) is 9.47. The summed E-state index contributed by atoms with van der Waals surface area (Å²) in [5, 5.41) is 12.6. The maximum Gasteiger partial charge on any atom is 0.416 e. The maximum atomic E-state index is 14.0. The molecule has 2 aliphatic rings. The number of rotatable bonds is 8. The number of nitrogens with two attached hydrogens (primary N) is 1. The molecule has 1 aromatic carbocycles. The van der Waals surface area contributed by atoms with Gasteiger partial charge >= 0.3 is 12.2 Å². The van der Waals surface area contributed by atoms with E-state index in [0.29, 0.717) is 60.8 Å². The minimum atomic E-state index is -4.67. The number of nitrogen functional groups attached to an aromatic ring is 1. The average molecular weight is 546 g/mol. The molecule has 0 spiro atoms. The summed E-state index contributed by atoms with van der Waals surface area (Å²) in [6.45, 7) is 0.927. The fraction of sp³-hybridized carbons (Fsp3) is 0.346. The molecule has 39 heavy (non-hydrogen) atoms. The quantitative estimate of drug-likeness (QED) is 0.307. The first-order valence-electron chi connectivity index (χ1n) is 12.3. The Bertz CT molecular complexity index is 1460. The molecule has 13 heteroatoms. The predicted molar refractivity (Wildman–Crippen MR) is 136 cm³/mol. The van der Waals surface area contributed by atoms with Crippen LogP contribution in [0.3, 0.4) is 0 Å². The van der Waals surface area contributed by atoms with Crippen LogP contribution in [0.1, 0.15) is 47.6 Å². The number of urea groups is 1. The number of carbonyl (C=O) groups excluding carboxylic acids is 1. The summed E-state index contributed by atoms with van der Waals surface area (Å²) in [5.41, 5.74) is 8.55. The van der Waals surface area contributed by atoms with Gasteiger partial charge in [0.15, 0.2) is 5.82 Å². The highest BCUT2D eigenvalue weighted by molar-refractivity contribution is 5.91. The second-order valence-corrected chi connectivity index (χ2v) is 9.47. The van der Waals surface area contributed by atoms with Gasteiger partial charge < -0.3 is 26.4 Å². The van der Waals surface area contributed by atoms with E-state index < -0.39 is 29.3 Å². The first kappa shape index (κ1) is 26.6. The minimum Gasteiger partial charge on any atom is -0.382 e. The molecule has 0 radical (unpaired) electrons. The number of alkyl halides is 3. The van der Waals surface area contributed by atoms with Crippen molar-refractivity contribution in [3.63, 3.8) is 0 Å². The number of hydrogen-bond acceptors (Lipinski definition) is 6. The third kappa shape index (κ3) is 5.73. The van der Waals surface area contributed by atoms with Crippen molar-refractivity contribution >= 4 is 23.1 Å². The molecular weight excluding hydrogens is 518 g/mol. The summed E-state index contributed by atoms with van der Waals surface area (Å²) in [4.78, 5) is 16.6. The van der Waals surface area contributed by atoms with Crippen molar-refractivity contribution in [2.45, 2.75) is 50.6 Å². The summed E-state index contributed by atoms with van der Waals surface area (Å²) >= 11 is 0. The average Bonchev–Trinajstić information content (AvgIpc) is 3.66. The van der Waals surface area contributed by atoms with Crippen molar-refractivity contribution in [3.05, 3.63) is 76.7 Å². The fourth-order valence-corrected chi connectivity index (χ4v) is 4.67. The predicted octanol–water partition coefficient (Wildman–Crippen LogP) is 4.62. The molecule has 3 aromatic rings. The van der Waals surface area contributed by atoms with E-state index in [9.17, 15) is 22.4 Å². The first-order chi connectivity index (χ1) is 18.7. The SMILES string of the molecule is COCc1c(C2C=CC(NC(=O)Nc3cc(C(F)(F)F)ccc3F)=CC2)c2c(N)ncnn2c1CNC1CC1. The lowest BCUT2D eigenvalue weighted by Gasteiger charge is -2.19. The third-order valence-corrected chi connectivity index (χ3v) is 6.70. The van der Waals surface area contributed by atoms with E-state index in [4.69, 9.17) is 10.5 Å². The van der Waals surface area contributed by atoms with Crippen molar-refractivity contribution in [2.24, 2.45) is 0 Å². The van der Waals surface area contributed by atoms with E-state index in [1.54, 1.807) is 23.8 Å². The van der Waals surface area contributed by atoms with Crippen molar-refractivity contribution in [2.75, 3.05) is 18.2 Å². The molecule has 2 heterocycles.